The molecule has 1 aliphatic carbocycles. The van der Waals surface area contributed by atoms with Crippen LogP contribution in [0.4, 0.5) is 0 Å². The molecule has 1 saturated carbocycles. The molecule has 0 amide bonds. The van der Waals surface area contributed by atoms with E-state index in [2.05, 4.69) is 0 Å². The van der Waals surface area contributed by atoms with Crippen LogP contribution in [0.3, 0.4) is 0 Å². The van der Waals surface area contributed by atoms with Crippen molar-refractivity contribution in [2.45, 2.75) is 37.4 Å². The van der Waals surface area contributed by atoms with Gasteiger partial charge in [0.25, 0.3) is 10.1 Å². The van der Waals surface area contributed by atoms with Crippen molar-refractivity contribution < 1.29 is 13.0 Å². The summed E-state index contributed by atoms with van der Waals surface area (Å²) < 4.78 is 29.3. The van der Waals surface area contributed by atoms with Crippen LogP contribution in [0, 0.1) is 0 Å². The van der Waals surface area contributed by atoms with Gasteiger partial charge in [0.15, 0.2) is 0 Å². The fourth-order valence-electron chi connectivity index (χ4n) is 1.38. The van der Waals surface area contributed by atoms with Crippen LogP contribution in [0.5, 0.6) is 0 Å². The van der Waals surface area contributed by atoms with Gasteiger partial charge in [0.05, 0.1) is 4.75 Å². The normalized spacial score (nSPS) is 22.7. The van der Waals surface area contributed by atoms with Crippen molar-refractivity contribution in [1.29, 1.82) is 0 Å². The van der Waals surface area contributed by atoms with E-state index in [0.717, 1.165) is 12.8 Å². The first-order valence-electron chi connectivity index (χ1n) is 3.43. The summed E-state index contributed by atoms with van der Waals surface area (Å²) >= 11 is 0. The van der Waals surface area contributed by atoms with Crippen molar-refractivity contribution in [3.63, 3.8) is 0 Å². The molecule has 0 radical (unpaired) electrons. The van der Waals surface area contributed by atoms with Gasteiger partial charge in [-0.3, -0.25) is 4.55 Å². The van der Waals surface area contributed by atoms with E-state index in [1.165, 1.54) is 0 Å². The fraction of sp³-hybridized carbons (Fsp3) is 1.00. The summed E-state index contributed by atoms with van der Waals surface area (Å²) in [5.41, 5.74) is 0. The van der Waals surface area contributed by atoms with E-state index in [4.69, 9.17) is 4.55 Å². The van der Waals surface area contributed by atoms with Gasteiger partial charge < -0.3 is 0 Å². The van der Waals surface area contributed by atoms with E-state index in [0.29, 0.717) is 12.8 Å². The Hall–Kier alpha value is 1.55. The predicted octanol–water partition coefficient (Wildman–Crippen LogP) is 0.558. The summed E-state index contributed by atoms with van der Waals surface area (Å²) in [5, 5.41) is 0. The molecular formula is C6H13KO3S. The van der Waals surface area contributed by atoms with Gasteiger partial charge in [-0.15, -0.1) is 0 Å². The molecule has 62 valence electrons. The van der Waals surface area contributed by atoms with Crippen LogP contribution in [0.1, 0.15) is 32.6 Å². The van der Waals surface area contributed by atoms with Crippen LogP contribution in [-0.2, 0) is 10.1 Å². The molecule has 11 heavy (non-hydrogen) atoms. The Bertz CT molecular complexity index is 216. The molecule has 0 aromatic carbocycles. The molecule has 1 N–H and O–H groups in total. The SMILES string of the molecule is CC1(S(=O)(=O)O)CCCC1.[KH]. The summed E-state index contributed by atoms with van der Waals surface area (Å²) in [6.45, 7) is 1.61. The molecule has 1 rings (SSSR count). The van der Waals surface area contributed by atoms with E-state index >= 15 is 0 Å². The molecule has 0 aromatic heterocycles. The molecule has 0 bridgehead atoms. The van der Waals surface area contributed by atoms with E-state index in [1.807, 2.05) is 0 Å². The average Bonchev–Trinajstić information content (AvgIpc) is 2.13. The van der Waals surface area contributed by atoms with Crippen LogP contribution in [0.25, 0.3) is 0 Å². The third kappa shape index (κ3) is 2.75. The zero-order valence-corrected chi connectivity index (χ0v) is 6.82. The minimum atomic E-state index is -3.80. The predicted molar refractivity (Wildman–Crippen MR) is 45.6 cm³/mol. The molecule has 1 fully saturated rings. The van der Waals surface area contributed by atoms with Crippen molar-refractivity contribution in [2.75, 3.05) is 0 Å². The summed E-state index contributed by atoms with van der Waals surface area (Å²) in [6, 6.07) is 0. The molecule has 3 nitrogen and oxygen atoms in total. The zero-order valence-electron chi connectivity index (χ0n) is 6.00. The monoisotopic (exact) mass is 204 g/mol. The van der Waals surface area contributed by atoms with Crippen LogP contribution >= 0.6 is 0 Å². The fourth-order valence-corrected chi connectivity index (χ4v) is 2.19. The summed E-state index contributed by atoms with van der Waals surface area (Å²) in [4.78, 5) is 0. The Morgan fingerprint density at radius 1 is 1.27 bits per heavy atom. The Labute approximate surface area is 110 Å². The molecule has 0 unspecified atom stereocenters. The second kappa shape index (κ2) is 4.17. The number of rotatable bonds is 1. The first kappa shape index (κ1) is 12.5. The number of hydrogen-bond donors (Lipinski definition) is 1. The molecule has 0 saturated heterocycles. The van der Waals surface area contributed by atoms with Gasteiger partial charge in [-0.1, -0.05) is 12.8 Å². The van der Waals surface area contributed by atoms with Gasteiger partial charge in [-0.25, -0.2) is 0 Å². The summed E-state index contributed by atoms with van der Waals surface area (Å²) in [6.07, 6.45) is 3.03. The number of hydrogen-bond acceptors (Lipinski definition) is 2. The standard InChI is InChI=1S/C6H12O3S.K.H/c1-6(10(7,8)9)4-2-3-5-6;;/h2-5H2,1H3,(H,7,8,9);;. The van der Waals surface area contributed by atoms with Gasteiger partial charge in [0.2, 0.25) is 0 Å². The minimum absolute atomic E-state index is 0. The summed E-state index contributed by atoms with van der Waals surface area (Å²) in [5.74, 6) is 0. The first-order valence-corrected chi connectivity index (χ1v) is 4.87. The molecule has 5 heteroatoms. The van der Waals surface area contributed by atoms with Crippen molar-refractivity contribution in [2.24, 2.45) is 0 Å². The van der Waals surface area contributed by atoms with Gasteiger partial charge in [-0.05, 0) is 19.8 Å². The van der Waals surface area contributed by atoms with E-state index in [-0.39, 0.29) is 51.4 Å². The zero-order chi connectivity index (χ0) is 7.83. The topological polar surface area (TPSA) is 54.4 Å². The average molecular weight is 204 g/mol. The molecule has 0 spiro atoms. The Morgan fingerprint density at radius 3 is 1.82 bits per heavy atom. The third-order valence-corrected chi connectivity index (χ3v) is 3.94. The van der Waals surface area contributed by atoms with E-state index in [1.54, 1.807) is 6.92 Å². The second-order valence-electron chi connectivity index (χ2n) is 3.13. The van der Waals surface area contributed by atoms with E-state index < -0.39 is 14.9 Å². The molecule has 0 aliphatic heterocycles. The van der Waals surface area contributed by atoms with Crippen molar-refractivity contribution in [1.82, 2.24) is 0 Å². The first-order chi connectivity index (χ1) is 4.46. The Balaban J connectivity index is 0.000001000. The van der Waals surface area contributed by atoms with Crippen LogP contribution in [0.15, 0.2) is 0 Å². The maximum atomic E-state index is 10.7. The van der Waals surface area contributed by atoms with Crippen molar-refractivity contribution in [3.8, 4) is 0 Å². The molecular weight excluding hydrogens is 191 g/mol. The van der Waals surface area contributed by atoms with Crippen LogP contribution < -0.4 is 0 Å². The van der Waals surface area contributed by atoms with Crippen LogP contribution in [0.2, 0.25) is 0 Å². The van der Waals surface area contributed by atoms with Crippen molar-refractivity contribution >= 4 is 61.5 Å². The van der Waals surface area contributed by atoms with Gasteiger partial charge in [-0.2, -0.15) is 8.42 Å². The quantitative estimate of drug-likeness (QED) is 0.501. The van der Waals surface area contributed by atoms with E-state index in [9.17, 15) is 8.42 Å². The van der Waals surface area contributed by atoms with Crippen LogP contribution in [-0.4, -0.2) is 69.1 Å². The van der Waals surface area contributed by atoms with Gasteiger partial charge in [0.1, 0.15) is 0 Å². The van der Waals surface area contributed by atoms with Gasteiger partial charge >= 0.3 is 51.4 Å². The molecule has 0 heterocycles. The molecule has 1 aliphatic rings. The van der Waals surface area contributed by atoms with Gasteiger partial charge in [0, 0.05) is 0 Å². The third-order valence-electron chi connectivity index (χ3n) is 2.28. The maximum absolute atomic E-state index is 10.7. The Morgan fingerprint density at radius 2 is 1.64 bits per heavy atom. The van der Waals surface area contributed by atoms with Crippen molar-refractivity contribution in [3.05, 3.63) is 0 Å². The second-order valence-corrected chi connectivity index (χ2v) is 5.07. The molecule has 0 aromatic rings. The Kier molecular flexibility index (Phi) is 4.76. The summed E-state index contributed by atoms with van der Waals surface area (Å²) in [7, 11) is -3.80. The molecule has 0 atom stereocenters.